The summed E-state index contributed by atoms with van der Waals surface area (Å²) >= 11 is 0. The molecule has 0 aromatic heterocycles. The second-order valence-corrected chi connectivity index (χ2v) is 6.83. The molecule has 1 amide bonds. The predicted molar refractivity (Wildman–Crippen MR) is 81.0 cm³/mol. The summed E-state index contributed by atoms with van der Waals surface area (Å²) in [5.41, 5.74) is 6.59. The van der Waals surface area contributed by atoms with E-state index in [0.29, 0.717) is 11.4 Å². The van der Waals surface area contributed by atoms with Gasteiger partial charge in [-0.15, -0.1) is 0 Å². The first-order valence-corrected chi connectivity index (χ1v) is 8.20. The molecule has 0 aliphatic heterocycles. The van der Waals surface area contributed by atoms with E-state index >= 15 is 0 Å². The van der Waals surface area contributed by atoms with E-state index in [2.05, 4.69) is 10.0 Å². The lowest BCUT2D eigenvalue weighted by atomic mass is 10.0. The molecule has 0 saturated heterocycles. The lowest BCUT2D eigenvalue weighted by Crippen LogP contribution is -2.31. The lowest BCUT2D eigenvalue weighted by Gasteiger charge is -2.16. The van der Waals surface area contributed by atoms with Gasteiger partial charge < -0.3 is 11.1 Å². The van der Waals surface area contributed by atoms with Crippen molar-refractivity contribution >= 4 is 27.3 Å². The largest absolute Gasteiger partial charge is 0.327 e. The normalized spacial score (nSPS) is 13.1. The van der Waals surface area contributed by atoms with E-state index in [9.17, 15) is 13.2 Å². The Kier molecular flexibility index (Phi) is 5.52. The van der Waals surface area contributed by atoms with Crippen molar-refractivity contribution in [3.8, 4) is 0 Å². The van der Waals surface area contributed by atoms with Crippen molar-refractivity contribution in [3.05, 3.63) is 24.3 Å². The molecule has 4 N–H and O–H groups in total. The molecular weight excluding hydrogens is 278 g/mol. The van der Waals surface area contributed by atoms with Crippen LogP contribution < -0.4 is 15.8 Å². The molecule has 1 unspecified atom stereocenters. The molecule has 0 saturated carbocycles. The summed E-state index contributed by atoms with van der Waals surface area (Å²) in [5, 5.41) is 2.67. The Hall–Kier alpha value is -1.60. The van der Waals surface area contributed by atoms with Gasteiger partial charge in [0.05, 0.1) is 17.6 Å². The molecule has 0 aliphatic carbocycles. The lowest BCUT2D eigenvalue weighted by molar-refractivity contribution is -0.116. The van der Waals surface area contributed by atoms with Gasteiger partial charge in [-0.2, -0.15) is 0 Å². The van der Waals surface area contributed by atoms with Gasteiger partial charge in [-0.25, -0.2) is 8.42 Å². The molecule has 0 heterocycles. The minimum Gasteiger partial charge on any atom is -0.327 e. The van der Waals surface area contributed by atoms with Crippen LogP contribution in [0.1, 0.15) is 20.3 Å². The third-order valence-corrected chi connectivity index (χ3v) is 3.36. The summed E-state index contributed by atoms with van der Waals surface area (Å²) < 4.78 is 24.9. The molecule has 1 aromatic carbocycles. The number of para-hydroxylation sites is 2. The number of nitrogens with one attached hydrogen (secondary N) is 2. The average molecular weight is 299 g/mol. The maximum atomic E-state index is 11.9. The van der Waals surface area contributed by atoms with Crippen LogP contribution in [-0.2, 0) is 14.8 Å². The summed E-state index contributed by atoms with van der Waals surface area (Å²) in [6, 6.07) is 6.38. The molecule has 1 aromatic rings. The van der Waals surface area contributed by atoms with Crippen LogP contribution in [0.2, 0.25) is 0 Å². The van der Waals surface area contributed by atoms with E-state index < -0.39 is 10.0 Å². The van der Waals surface area contributed by atoms with E-state index in [0.717, 1.165) is 6.26 Å². The van der Waals surface area contributed by atoms with Crippen molar-refractivity contribution in [1.29, 1.82) is 0 Å². The van der Waals surface area contributed by atoms with Gasteiger partial charge in [0.25, 0.3) is 0 Å². The summed E-state index contributed by atoms with van der Waals surface area (Å²) in [7, 11) is -3.40. The molecule has 0 radical (unpaired) electrons. The number of anilines is 2. The topological polar surface area (TPSA) is 101 Å². The van der Waals surface area contributed by atoms with Crippen LogP contribution >= 0.6 is 0 Å². The van der Waals surface area contributed by atoms with Gasteiger partial charge in [-0.05, 0) is 18.1 Å². The first-order chi connectivity index (χ1) is 9.19. The van der Waals surface area contributed by atoms with Crippen molar-refractivity contribution in [2.45, 2.75) is 26.3 Å². The smallest absolute Gasteiger partial charge is 0.229 e. The number of nitrogens with two attached hydrogens (primary N) is 1. The first kappa shape index (κ1) is 16.5. The van der Waals surface area contributed by atoms with Gasteiger partial charge in [0.15, 0.2) is 0 Å². The number of rotatable bonds is 6. The minimum atomic E-state index is -3.40. The monoisotopic (exact) mass is 299 g/mol. The molecule has 0 aliphatic rings. The highest BCUT2D eigenvalue weighted by atomic mass is 32.2. The van der Waals surface area contributed by atoms with Crippen molar-refractivity contribution < 1.29 is 13.2 Å². The zero-order valence-corrected chi connectivity index (χ0v) is 12.7. The predicted octanol–water partition coefficient (Wildman–Crippen LogP) is 1.37. The van der Waals surface area contributed by atoms with Crippen molar-refractivity contribution in [3.63, 3.8) is 0 Å². The van der Waals surface area contributed by atoms with Crippen LogP contribution in [-0.4, -0.2) is 26.6 Å². The molecule has 7 heteroatoms. The zero-order chi connectivity index (χ0) is 15.3. The van der Waals surface area contributed by atoms with Crippen LogP contribution in [0.3, 0.4) is 0 Å². The van der Waals surface area contributed by atoms with E-state index in [1.165, 1.54) is 0 Å². The number of amides is 1. The summed E-state index contributed by atoms with van der Waals surface area (Å²) in [5.74, 6) is -0.0425. The van der Waals surface area contributed by atoms with Gasteiger partial charge in [0.1, 0.15) is 0 Å². The van der Waals surface area contributed by atoms with Crippen LogP contribution in [0.15, 0.2) is 24.3 Å². The van der Waals surface area contributed by atoms with Crippen LogP contribution in [0, 0.1) is 5.92 Å². The van der Waals surface area contributed by atoms with Gasteiger partial charge >= 0.3 is 0 Å². The van der Waals surface area contributed by atoms with Crippen molar-refractivity contribution in [1.82, 2.24) is 0 Å². The Morgan fingerprint density at radius 2 is 1.80 bits per heavy atom. The molecule has 112 valence electrons. The molecule has 0 spiro atoms. The fraction of sp³-hybridized carbons (Fsp3) is 0.462. The Labute approximate surface area is 119 Å². The van der Waals surface area contributed by atoms with Crippen LogP contribution in [0.5, 0.6) is 0 Å². The van der Waals surface area contributed by atoms with Gasteiger partial charge in [0.2, 0.25) is 15.9 Å². The second kappa shape index (κ2) is 6.71. The Morgan fingerprint density at radius 3 is 2.30 bits per heavy atom. The standard InChI is InChI=1S/C13H21N3O3S/c1-9(2)10(14)8-13(17)15-11-6-4-5-7-12(11)16-20(3,18)19/h4-7,9-10,16H,8,14H2,1-3H3,(H,15,17). The first-order valence-electron chi connectivity index (χ1n) is 6.31. The quantitative estimate of drug-likeness (QED) is 0.738. The van der Waals surface area contributed by atoms with E-state index in [-0.39, 0.29) is 24.3 Å². The number of benzene rings is 1. The van der Waals surface area contributed by atoms with Gasteiger partial charge in [-0.3, -0.25) is 9.52 Å². The third-order valence-electron chi connectivity index (χ3n) is 2.77. The van der Waals surface area contributed by atoms with Gasteiger partial charge in [0, 0.05) is 12.5 Å². The highest BCUT2D eigenvalue weighted by molar-refractivity contribution is 7.92. The second-order valence-electron chi connectivity index (χ2n) is 5.08. The van der Waals surface area contributed by atoms with Crippen LogP contribution in [0.25, 0.3) is 0 Å². The zero-order valence-electron chi connectivity index (χ0n) is 11.9. The maximum absolute atomic E-state index is 11.9. The molecular formula is C13H21N3O3S. The summed E-state index contributed by atoms with van der Waals surface area (Å²) in [4.78, 5) is 11.9. The molecule has 1 atom stereocenters. The summed E-state index contributed by atoms with van der Waals surface area (Å²) in [6.07, 6.45) is 1.24. The third kappa shape index (κ3) is 5.58. The maximum Gasteiger partial charge on any atom is 0.229 e. The highest BCUT2D eigenvalue weighted by Crippen LogP contribution is 2.22. The molecule has 0 fully saturated rings. The molecule has 20 heavy (non-hydrogen) atoms. The van der Waals surface area contributed by atoms with Crippen molar-refractivity contribution in [2.24, 2.45) is 11.7 Å². The average Bonchev–Trinajstić information content (AvgIpc) is 2.29. The fourth-order valence-electron chi connectivity index (χ4n) is 1.53. The molecule has 1 rings (SSSR count). The fourth-order valence-corrected chi connectivity index (χ4v) is 2.11. The van der Waals surface area contributed by atoms with E-state index in [1.54, 1.807) is 24.3 Å². The minimum absolute atomic E-state index is 0.185. The van der Waals surface area contributed by atoms with E-state index in [1.807, 2.05) is 13.8 Å². The Morgan fingerprint density at radius 1 is 1.25 bits per heavy atom. The Balaban J connectivity index is 2.80. The number of sulfonamides is 1. The number of hydrogen-bond donors (Lipinski definition) is 3. The number of carbonyl (C=O) groups excluding carboxylic acids is 1. The van der Waals surface area contributed by atoms with Crippen molar-refractivity contribution in [2.75, 3.05) is 16.3 Å². The number of hydrogen-bond acceptors (Lipinski definition) is 4. The molecule has 0 bridgehead atoms. The highest BCUT2D eigenvalue weighted by Gasteiger charge is 2.15. The SMILES string of the molecule is CC(C)C(N)CC(=O)Nc1ccccc1NS(C)(=O)=O. The number of carbonyl (C=O) groups is 1. The van der Waals surface area contributed by atoms with Gasteiger partial charge in [-0.1, -0.05) is 26.0 Å². The Bertz CT molecular complexity index is 570. The van der Waals surface area contributed by atoms with Crippen LogP contribution in [0.4, 0.5) is 11.4 Å². The van der Waals surface area contributed by atoms with E-state index in [4.69, 9.17) is 5.73 Å². The molecule has 6 nitrogen and oxygen atoms in total. The summed E-state index contributed by atoms with van der Waals surface area (Å²) in [6.45, 7) is 3.88.